The van der Waals surface area contributed by atoms with E-state index in [1.54, 1.807) is 19.1 Å². The Morgan fingerprint density at radius 1 is 1.45 bits per heavy atom. The van der Waals surface area contributed by atoms with Gasteiger partial charge in [0, 0.05) is 19.1 Å². The maximum Gasteiger partial charge on any atom is 0.337 e. The Hall–Kier alpha value is -2.08. The highest BCUT2D eigenvalue weighted by molar-refractivity contribution is 6.00. The lowest BCUT2D eigenvalue weighted by atomic mass is 10.1. The molecule has 1 aliphatic rings. The standard InChI is InChI=1S/C14H18N2O4/c1-9-2-3-12(11(6-9)13(17)18)16-14(19)15-7-10-4-5-20-8-10/h2-3,6,10H,4-5,7-8H2,1H3,(H,17,18)(H2,15,16,19). The van der Waals surface area contributed by atoms with Crippen LogP contribution >= 0.6 is 0 Å². The summed E-state index contributed by atoms with van der Waals surface area (Å²) < 4.78 is 5.22. The maximum atomic E-state index is 11.8. The highest BCUT2D eigenvalue weighted by Crippen LogP contribution is 2.17. The van der Waals surface area contributed by atoms with E-state index in [4.69, 9.17) is 9.84 Å². The van der Waals surface area contributed by atoms with Crippen LogP contribution in [-0.4, -0.2) is 36.9 Å². The minimum atomic E-state index is -1.06. The van der Waals surface area contributed by atoms with Crippen LogP contribution in [0.5, 0.6) is 0 Å². The summed E-state index contributed by atoms with van der Waals surface area (Å²) in [7, 11) is 0. The van der Waals surface area contributed by atoms with Gasteiger partial charge in [0.25, 0.3) is 0 Å². The molecule has 1 unspecified atom stereocenters. The lowest BCUT2D eigenvalue weighted by molar-refractivity contribution is 0.0698. The number of urea groups is 1. The number of anilines is 1. The van der Waals surface area contributed by atoms with E-state index in [1.165, 1.54) is 6.07 Å². The van der Waals surface area contributed by atoms with Gasteiger partial charge in [0.2, 0.25) is 0 Å². The molecule has 0 saturated carbocycles. The van der Waals surface area contributed by atoms with Gasteiger partial charge in [-0.05, 0) is 25.5 Å². The Kier molecular flexibility index (Phi) is 4.57. The van der Waals surface area contributed by atoms with Crippen LogP contribution in [0.1, 0.15) is 22.3 Å². The van der Waals surface area contributed by atoms with Crippen LogP contribution < -0.4 is 10.6 Å². The second-order valence-corrected chi connectivity index (χ2v) is 4.92. The number of carbonyl (C=O) groups is 2. The number of aromatic carboxylic acids is 1. The van der Waals surface area contributed by atoms with Crippen molar-refractivity contribution in [1.29, 1.82) is 0 Å². The van der Waals surface area contributed by atoms with E-state index in [9.17, 15) is 9.59 Å². The van der Waals surface area contributed by atoms with Crippen molar-refractivity contribution in [1.82, 2.24) is 5.32 Å². The molecule has 2 amide bonds. The summed E-state index contributed by atoms with van der Waals surface area (Å²) in [5, 5.41) is 14.4. The van der Waals surface area contributed by atoms with Gasteiger partial charge in [-0.25, -0.2) is 9.59 Å². The molecule has 1 fully saturated rings. The molecule has 3 N–H and O–H groups in total. The Morgan fingerprint density at radius 3 is 2.90 bits per heavy atom. The molecule has 6 heteroatoms. The topological polar surface area (TPSA) is 87.7 Å². The second-order valence-electron chi connectivity index (χ2n) is 4.92. The lowest BCUT2D eigenvalue weighted by Gasteiger charge is -2.12. The van der Waals surface area contributed by atoms with Gasteiger partial charge in [0.1, 0.15) is 0 Å². The molecule has 20 heavy (non-hydrogen) atoms. The number of hydrogen-bond acceptors (Lipinski definition) is 3. The van der Waals surface area contributed by atoms with Crippen LogP contribution in [0.3, 0.4) is 0 Å². The average Bonchev–Trinajstić information content (AvgIpc) is 2.91. The Bertz CT molecular complexity index is 510. The fourth-order valence-corrected chi connectivity index (χ4v) is 2.09. The molecular weight excluding hydrogens is 260 g/mol. The molecule has 108 valence electrons. The number of carboxylic acid groups (broad SMARTS) is 1. The van der Waals surface area contributed by atoms with Gasteiger partial charge < -0.3 is 20.5 Å². The molecule has 0 bridgehead atoms. The van der Waals surface area contributed by atoms with E-state index in [-0.39, 0.29) is 5.56 Å². The van der Waals surface area contributed by atoms with Crippen molar-refractivity contribution >= 4 is 17.7 Å². The maximum absolute atomic E-state index is 11.8. The minimum Gasteiger partial charge on any atom is -0.478 e. The highest BCUT2D eigenvalue weighted by atomic mass is 16.5. The van der Waals surface area contributed by atoms with Crippen molar-refractivity contribution in [2.45, 2.75) is 13.3 Å². The van der Waals surface area contributed by atoms with Gasteiger partial charge >= 0.3 is 12.0 Å². The zero-order valence-electron chi connectivity index (χ0n) is 11.3. The highest BCUT2D eigenvalue weighted by Gasteiger charge is 2.17. The first-order valence-electron chi connectivity index (χ1n) is 6.53. The van der Waals surface area contributed by atoms with Crippen molar-refractivity contribution in [3.63, 3.8) is 0 Å². The number of rotatable bonds is 4. The van der Waals surface area contributed by atoms with Gasteiger partial charge in [-0.3, -0.25) is 0 Å². The van der Waals surface area contributed by atoms with Crippen molar-refractivity contribution in [3.05, 3.63) is 29.3 Å². The van der Waals surface area contributed by atoms with Crippen LogP contribution in [0.15, 0.2) is 18.2 Å². The van der Waals surface area contributed by atoms with Crippen molar-refractivity contribution < 1.29 is 19.4 Å². The van der Waals surface area contributed by atoms with Crippen molar-refractivity contribution in [3.8, 4) is 0 Å². The first-order chi connectivity index (χ1) is 9.56. The summed E-state index contributed by atoms with van der Waals surface area (Å²) in [6.45, 7) is 3.72. The normalized spacial score (nSPS) is 17.8. The molecule has 2 rings (SSSR count). The first kappa shape index (κ1) is 14.3. The first-order valence-corrected chi connectivity index (χ1v) is 6.53. The molecular formula is C14H18N2O4. The van der Waals surface area contributed by atoms with Gasteiger partial charge in [0.15, 0.2) is 0 Å². The number of nitrogens with one attached hydrogen (secondary N) is 2. The van der Waals surface area contributed by atoms with Crippen molar-refractivity contribution in [2.75, 3.05) is 25.1 Å². The molecule has 1 atom stereocenters. The summed E-state index contributed by atoms with van der Waals surface area (Å²) in [6, 6.07) is 4.48. The van der Waals surface area contributed by atoms with E-state index in [0.717, 1.165) is 18.6 Å². The van der Waals surface area contributed by atoms with Crippen molar-refractivity contribution in [2.24, 2.45) is 5.92 Å². The number of carbonyl (C=O) groups excluding carboxylic acids is 1. The average molecular weight is 278 g/mol. The van der Waals surface area contributed by atoms with Gasteiger partial charge in [0.05, 0.1) is 17.9 Å². The van der Waals surface area contributed by atoms with Crippen LogP contribution in [0.2, 0.25) is 0 Å². The number of amides is 2. The van der Waals surface area contributed by atoms with Gasteiger partial charge in [-0.2, -0.15) is 0 Å². The number of aryl methyl sites for hydroxylation is 1. The largest absolute Gasteiger partial charge is 0.478 e. The predicted octanol–water partition coefficient (Wildman–Crippen LogP) is 1.85. The van der Waals surface area contributed by atoms with E-state index in [2.05, 4.69) is 10.6 Å². The quantitative estimate of drug-likeness (QED) is 0.784. The van der Waals surface area contributed by atoms with Crippen LogP contribution in [0, 0.1) is 12.8 Å². The zero-order valence-corrected chi connectivity index (χ0v) is 11.3. The molecule has 1 aromatic rings. The third kappa shape index (κ3) is 3.71. The minimum absolute atomic E-state index is 0.0874. The Morgan fingerprint density at radius 2 is 2.25 bits per heavy atom. The molecule has 0 aromatic heterocycles. The number of carboxylic acids is 1. The van der Waals surface area contributed by atoms with Crippen LogP contribution in [0.4, 0.5) is 10.5 Å². The Labute approximate surface area is 117 Å². The molecule has 0 radical (unpaired) electrons. The van der Waals surface area contributed by atoms with Gasteiger partial charge in [-0.15, -0.1) is 0 Å². The van der Waals surface area contributed by atoms with E-state index in [1.807, 2.05) is 0 Å². The zero-order chi connectivity index (χ0) is 14.5. The van der Waals surface area contributed by atoms with E-state index in [0.29, 0.717) is 24.8 Å². The fraction of sp³-hybridized carbons (Fsp3) is 0.429. The molecule has 0 aliphatic carbocycles. The summed E-state index contributed by atoms with van der Waals surface area (Å²) in [4.78, 5) is 22.9. The van der Waals surface area contributed by atoms with Crippen LogP contribution in [-0.2, 0) is 4.74 Å². The molecule has 1 aliphatic heterocycles. The van der Waals surface area contributed by atoms with Gasteiger partial charge in [-0.1, -0.05) is 11.6 Å². The summed E-state index contributed by atoms with van der Waals surface area (Å²) in [6.07, 6.45) is 0.936. The number of benzene rings is 1. The number of ether oxygens (including phenoxy) is 1. The third-order valence-electron chi connectivity index (χ3n) is 3.23. The number of hydrogen-bond donors (Lipinski definition) is 3. The van der Waals surface area contributed by atoms with Crippen LogP contribution in [0.25, 0.3) is 0 Å². The molecule has 6 nitrogen and oxygen atoms in total. The third-order valence-corrected chi connectivity index (χ3v) is 3.23. The summed E-state index contributed by atoms with van der Waals surface area (Å²) >= 11 is 0. The SMILES string of the molecule is Cc1ccc(NC(=O)NCC2CCOC2)c(C(=O)O)c1. The second kappa shape index (κ2) is 6.38. The summed E-state index contributed by atoms with van der Waals surface area (Å²) in [5.41, 5.74) is 1.21. The predicted molar refractivity (Wildman–Crippen MR) is 74.1 cm³/mol. The smallest absolute Gasteiger partial charge is 0.337 e. The molecule has 0 spiro atoms. The Balaban J connectivity index is 1.94. The summed E-state index contributed by atoms with van der Waals surface area (Å²) in [5.74, 6) is -0.731. The van der Waals surface area contributed by atoms with E-state index < -0.39 is 12.0 Å². The van der Waals surface area contributed by atoms with E-state index >= 15 is 0 Å². The monoisotopic (exact) mass is 278 g/mol. The lowest BCUT2D eigenvalue weighted by Crippen LogP contribution is -2.33. The fourth-order valence-electron chi connectivity index (χ4n) is 2.09. The molecule has 1 aromatic carbocycles. The molecule has 1 heterocycles. The molecule has 1 saturated heterocycles.